The Balaban J connectivity index is 1.69. The molecule has 0 saturated heterocycles. The van der Waals surface area contributed by atoms with E-state index < -0.39 is 17.6 Å². The van der Waals surface area contributed by atoms with E-state index in [9.17, 15) is 14.0 Å². The summed E-state index contributed by atoms with van der Waals surface area (Å²) < 4.78 is 13.5. The van der Waals surface area contributed by atoms with Crippen molar-refractivity contribution in [3.63, 3.8) is 0 Å². The van der Waals surface area contributed by atoms with Gasteiger partial charge in [-0.05, 0) is 18.6 Å². The summed E-state index contributed by atoms with van der Waals surface area (Å²) in [4.78, 5) is 23.8. The first kappa shape index (κ1) is 21.0. The topological polar surface area (TPSA) is 84.0 Å². The molecule has 0 unspecified atom stereocenters. The molecule has 0 aliphatic heterocycles. The molecule has 0 aliphatic carbocycles. The van der Waals surface area contributed by atoms with Gasteiger partial charge in [0.2, 0.25) is 11.0 Å². The van der Waals surface area contributed by atoms with E-state index in [-0.39, 0.29) is 12.1 Å². The maximum absolute atomic E-state index is 13.5. The van der Waals surface area contributed by atoms with Crippen molar-refractivity contribution in [3.05, 3.63) is 40.7 Å². The van der Waals surface area contributed by atoms with Crippen LogP contribution in [0.1, 0.15) is 60.8 Å². The summed E-state index contributed by atoms with van der Waals surface area (Å²) >= 11 is 1.34. The summed E-state index contributed by atoms with van der Waals surface area (Å²) in [6.07, 6.45) is 8.10. The first-order valence-corrected chi connectivity index (χ1v) is 10.1. The molecule has 8 heteroatoms. The van der Waals surface area contributed by atoms with Crippen molar-refractivity contribution in [3.8, 4) is 0 Å². The number of hydrogen-bond acceptors (Lipinski definition) is 5. The van der Waals surface area contributed by atoms with Crippen LogP contribution in [0.4, 0.5) is 9.52 Å². The van der Waals surface area contributed by atoms with Gasteiger partial charge < -0.3 is 5.32 Å². The molecule has 0 fully saturated rings. The van der Waals surface area contributed by atoms with Crippen LogP contribution in [-0.4, -0.2) is 28.6 Å². The molecule has 0 atom stereocenters. The third-order valence-corrected chi connectivity index (χ3v) is 4.88. The highest BCUT2D eigenvalue weighted by molar-refractivity contribution is 7.15. The predicted octanol–water partition coefficient (Wildman–Crippen LogP) is 3.95. The van der Waals surface area contributed by atoms with E-state index in [4.69, 9.17) is 0 Å². The van der Waals surface area contributed by atoms with Crippen LogP contribution < -0.4 is 10.6 Å². The molecule has 0 radical (unpaired) electrons. The molecule has 2 N–H and O–H groups in total. The zero-order valence-corrected chi connectivity index (χ0v) is 16.3. The largest absolute Gasteiger partial charge is 0.343 e. The molecule has 0 spiro atoms. The second-order valence-electron chi connectivity index (χ2n) is 6.23. The third-order valence-electron chi connectivity index (χ3n) is 3.99. The van der Waals surface area contributed by atoms with E-state index in [1.807, 2.05) is 0 Å². The highest BCUT2D eigenvalue weighted by Crippen LogP contribution is 2.18. The van der Waals surface area contributed by atoms with Crippen molar-refractivity contribution in [1.82, 2.24) is 15.5 Å². The maximum atomic E-state index is 13.5. The molecular weight excluding hydrogens is 367 g/mol. The van der Waals surface area contributed by atoms with Crippen LogP contribution in [0.2, 0.25) is 0 Å². The average molecular weight is 393 g/mol. The first-order chi connectivity index (χ1) is 13.1. The zero-order chi connectivity index (χ0) is 19.5. The number of nitrogens with zero attached hydrogens (tertiary/aromatic N) is 2. The lowest BCUT2D eigenvalue weighted by atomic mass is 10.1. The number of carbonyl (C=O) groups excluding carboxylic acids is 2. The van der Waals surface area contributed by atoms with Crippen LogP contribution in [0.25, 0.3) is 0 Å². The van der Waals surface area contributed by atoms with Gasteiger partial charge >= 0.3 is 0 Å². The molecule has 27 heavy (non-hydrogen) atoms. The lowest BCUT2D eigenvalue weighted by molar-refractivity contribution is -0.115. The van der Waals surface area contributed by atoms with Gasteiger partial charge in [-0.25, -0.2) is 4.39 Å². The highest BCUT2D eigenvalue weighted by atomic mass is 32.1. The minimum absolute atomic E-state index is 0.0950. The Morgan fingerprint density at radius 2 is 1.81 bits per heavy atom. The molecule has 0 bridgehead atoms. The van der Waals surface area contributed by atoms with Crippen LogP contribution in [-0.2, 0) is 11.2 Å². The number of amides is 2. The summed E-state index contributed by atoms with van der Waals surface area (Å²) in [5.74, 6) is -1.69. The molecule has 0 saturated carbocycles. The number of halogens is 1. The van der Waals surface area contributed by atoms with Gasteiger partial charge in [0.05, 0.1) is 12.1 Å². The Morgan fingerprint density at radius 3 is 2.59 bits per heavy atom. The lowest BCUT2D eigenvalue weighted by Crippen LogP contribution is -2.33. The van der Waals surface area contributed by atoms with Crippen molar-refractivity contribution in [2.24, 2.45) is 0 Å². The summed E-state index contributed by atoms with van der Waals surface area (Å²) in [6, 6.07) is 5.62. The zero-order valence-electron chi connectivity index (χ0n) is 15.5. The van der Waals surface area contributed by atoms with Crippen LogP contribution in [0.5, 0.6) is 0 Å². The van der Waals surface area contributed by atoms with Crippen LogP contribution in [0.3, 0.4) is 0 Å². The van der Waals surface area contributed by atoms with Crippen molar-refractivity contribution < 1.29 is 14.0 Å². The van der Waals surface area contributed by atoms with E-state index in [2.05, 4.69) is 27.8 Å². The fourth-order valence-electron chi connectivity index (χ4n) is 2.53. The number of aryl methyl sites for hydroxylation is 1. The summed E-state index contributed by atoms with van der Waals surface area (Å²) in [7, 11) is 0. The summed E-state index contributed by atoms with van der Waals surface area (Å²) in [5.41, 5.74) is -0.0950. The molecule has 1 aromatic carbocycles. The van der Waals surface area contributed by atoms with Gasteiger partial charge in [-0.15, -0.1) is 10.2 Å². The standard InChI is InChI=1S/C19H25FN4O2S/c1-2-3-4-5-6-7-12-17-23-24-19(27-17)22-16(25)13-21-18(26)14-10-8-9-11-15(14)20/h8-11H,2-7,12-13H2,1H3,(H,21,26)(H,22,24,25). The van der Waals surface area contributed by atoms with Gasteiger partial charge in [0, 0.05) is 6.42 Å². The maximum Gasteiger partial charge on any atom is 0.254 e. The van der Waals surface area contributed by atoms with Crippen molar-refractivity contribution in [2.75, 3.05) is 11.9 Å². The number of rotatable bonds is 11. The minimum atomic E-state index is -0.635. The third kappa shape index (κ3) is 7.42. The summed E-state index contributed by atoms with van der Waals surface area (Å²) in [6.45, 7) is 1.93. The number of aromatic nitrogens is 2. The Bertz CT molecular complexity index is 751. The van der Waals surface area contributed by atoms with Crippen LogP contribution >= 0.6 is 11.3 Å². The van der Waals surface area contributed by atoms with Gasteiger partial charge in [0.1, 0.15) is 10.8 Å². The van der Waals surface area contributed by atoms with E-state index in [1.54, 1.807) is 6.07 Å². The number of carbonyl (C=O) groups is 2. The molecular formula is C19H25FN4O2S. The van der Waals surface area contributed by atoms with Crippen molar-refractivity contribution in [2.45, 2.75) is 51.9 Å². The first-order valence-electron chi connectivity index (χ1n) is 9.25. The van der Waals surface area contributed by atoms with Crippen molar-refractivity contribution >= 4 is 28.3 Å². The molecule has 2 amide bonds. The minimum Gasteiger partial charge on any atom is -0.343 e. The second-order valence-corrected chi connectivity index (χ2v) is 7.29. The van der Waals surface area contributed by atoms with E-state index >= 15 is 0 Å². The van der Waals surface area contributed by atoms with E-state index in [1.165, 1.54) is 61.6 Å². The van der Waals surface area contributed by atoms with Gasteiger partial charge in [0.15, 0.2) is 0 Å². The average Bonchev–Trinajstić information content (AvgIpc) is 3.10. The number of unbranched alkanes of at least 4 members (excludes halogenated alkanes) is 5. The van der Waals surface area contributed by atoms with Gasteiger partial charge in [-0.3, -0.25) is 14.9 Å². The Hall–Kier alpha value is -2.35. The number of benzene rings is 1. The molecule has 0 aliphatic rings. The van der Waals surface area contributed by atoms with Crippen LogP contribution in [0.15, 0.2) is 24.3 Å². The molecule has 146 valence electrons. The highest BCUT2D eigenvalue weighted by Gasteiger charge is 2.13. The quantitative estimate of drug-likeness (QED) is 0.567. The fraction of sp³-hybridized carbons (Fsp3) is 0.474. The Labute approximate surface area is 162 Å². The predicted molar refractivity (Wildman–Crippen MR) is 104 cm³/mol. The SMILES string of the molecule is CCCCCCCCc1nnc(NC(=O)CNC(=O)c2ccccc2F)s1. The molecule has 1 heterocycles. The normalized spacial score (nSPS) is 10.6. The van der Waals surface area contributed by atoms with Crippen molar-refractivity contribution in [1.29, 1.82) is 0 Å². The number of anilines is 1. The van der Waals surface area contributed by atoms with Gasteiger partial charge in [-0.1, -0.05) is 62.5 Å². The van der Waals surface area contributed by atoms with E-state index in [0.29, 0.717) is 5.13 Å². The van der Waals surface area contributed by atoms with Gasteiger partial charge in [0.25, 0.3) is 5.91 Å². The Kier molecular flexibility index (Phi) is 8.83. The Morgan fingerprint density at radius 1 is 1.07 bits per heavy atom. The number of nitrogens with one attached hydrogen (secondary N) is 2. The smallest absolute Gasteiger partial charge is 0.254 e. The van der Waals surface area contributed by atoms with Crippen LogP contribution in [0, 0.1) is 5.82 Å². The van der Waals surface area contributed by atoms with E-state index in [0.717, 1.165) is 17.8 Å². The number of hydrogen-bond donors (Lipinski definition) is 2. The molecule has 6 nitrogen and oxygen atoms in total. The molecule has 2 rings (SSSR count). The monoisotopic (exact) mass is 392 g/mol. The molecule has 1 aromatic heterocycles. The fourth-order valence-corrected chi connectivity index (χ4v) is 3.32. The molecule has 2 aromatic rings. The summed E-state index contributed by atoms with van der Waals surface area (Å²) in [5, 5.41) is 14.3. The lowest BCUT2D eigenvalue weighted by Gasteiger charge is -2.05. The second kappa shape index (κ2) is 11.4. The van der Waals surface area contributed by atoms with Gasteiger partial charge in [-0.2, -0.15) is 0 Å².